The zero-order valence-corrected chi connectivity index (χ0v) is 13.4. The molecule has 6 heteroatoms. The molecule has 0 fully saturated rings. The number of carboxylic acid groups (broad SMARTS) is 1. The molecule has 0 atom stereocenters. The van der Waals surface area contributed by atoms with E-state index >= 15 is 0 Å². The second kappa shape index (κ2) is 6.91. The minimum Gasteiger partial charge on any atom is -0.493 e. The van der Waals surface area contributed by atoms with E-state index in [1.54, 1.807) is 38.3 Å². The summed E-state index contributed by atoms with van der Waals surface area (Å²) in [6.45, 7) is 1.67. The number of hydrogen-bond donors (Lipinski definition) is 1. The Bertz CT molecular complexity index is 742. The van der Waals surface area contributed by atoms with Crippen molar-refractivity contribution in [1.82, 2.24) is 0 Å². The first kappa shape index (κ1) is 16.5. The summed E-state index contributed by atoms with van der Waals surface area (Å²) in [6, 6.07) is 7.00. The highest BCUT2D eigenvalue weighted by molar-refractivity contribution is 5.89. The molecule has 1 N–H and O–H groups in total. The van der Waals surface area contributed by atoms with Crippen LogP contribution in [-0.2, 0) is 4.79 Å². The molecule has 0 amide bonds. The van der Waals surface area contributed by atoms with Gasteiger partial charge in [0, 0.05) is 6.08 Å². The molecule has 0 unspecified atom stereocenters. The molecule has 122 valence electrons. The van der Waals surface area contributed by atoms with E-state index in [1.807, 2.05) is 0 Å². The number of furan rings is 1. The molecule has 6 nitrogen and oxygen atoms in total. The second-order valence-electron chi connectivity index (χ2n) is 4.71. The van der Waals surface area contributed by atoms with Gasteiger partial charge in [0.2, 0.25) is 5.75 Å². The second-order valence-corrected chi connectivity index (χ2v) is 4.71. The number of carbonyl (C=O) groups is 1. The maximum Gasteiger partial charge on any atom is 0.328 e. The average Bonchev–Trinajstić information content (AvgIpc) is 3.02. The molecular weight excluding hydrogens is 300 g/mol. The molecule has 0 aliphatic carbocycles. The van der Waals surface area contributed by atoms with Gasteiger partial charge in [0.05, 0.1) is 26.9 Å². The summed E-state index contributed by atoms with van der Waals surface area (Å²) >= 11 is 0. The SMILES string of the molecule is COc1ccc(-c2ccc(/C(C)=C/C(=O)O)o2)c(OC)c1OC. The Morgan fingerprint density at radius 3 is 2.30 bits per heavy atom. The first-order valence-corrected chi connectivity index (χ1v) is 6.82. The number of carboxylic acids is 1. The first-order valence-electron chi connectivity index (χ1n) is 6.82. The van der Waals surface area contributed by atoms with Crippen LogP contribution in [-0.4, -0.2) is 32.4 Å². The van der Waals surface area contributed by atoms with Gasteiger partial charge in [-0.25, -0.2) is 4.79 Å². The first-order chi connectivity index (χ1) is 11.0. The Morgan fingerprint density at radius 2 is 1.74 bits per heavy atom. The van der Waals surface area contributed by atoms with Crippen molar-refractivity contribution in [1.29, 1.82) is 0 Å². The van der Waals surface area contributed by atoms with Crippen LogP contribution in [0.25, 0.3) is 16.9 Å². The molecule has 0 radical (unpaired) electrons. The number of benzene rings is 1. The monoisotopic (exact) mass is 318 g/mol. The highest BCUT2D eigenvalue weighted by Gasteiger charge is 2.19. The summed E-state index contributed by atoms with van der Waals surface area (Å²) in [7, 11) is 4.60. The van der Waals surface area contributed by atoms with E-state index in [1.165, 1.54) is 14.2 Å². The van der Waals surface area contributed by atoms with Crippen LogP contribution in [0, 0.1) is 0 Å². The lowest BCUT2D eigenvalue weighted by atomic mass is 10.1. The minimum atomic E-state index is -1.02. The largest absolute Gasteiger partial charge is 0.493 e. The molecule has 1 aromatic carbocycles. The van der Waals surface area contributed by atoms with E-state index in [-0.39, 0.29) is 0 Å². The predicted octanol–water partition coefficient (Wildman–Crippen LogP) is 3.46. The fourth-order valence-corrected chi connectivity index (χ4v) is 2.25. The minimum absolute atomic E-state index is 0.461. The third-order valence-electron chi connectivity index (χ3n) is 3.30. The summed E-state index contributed by atoms with van der Waals surface area (Å²) in [5.41, 5.74) is 1.20. The number of hydrogen-bond acceptors (Lipinski definition) is 5. The van der Waals surface area contributed by atoms with Gasteiger partial charge in [-0.3, -0.25) is 0 Å². The molecular formula is C17H18O6. The van der Waals surface area contributed by atoms with Gasteiger partial charge in [-0.2, -0.15) is 0 Å². The van der Waals surface area contributed by atoms with Crippen LogP contribution in [0.1, 0.15) is 12.7 Å². The molecule has 2 aromatic rings. The van der Waals surface area contributed by atoms with Gasteiger partial charge in [-0.15, -0.1) is 0 Å². The lowest BCUT2D eigenvalue weighted by molar-refractivity contribution is -0.131. The Kier molecular flexibility index (Phi) is 4.95. The summed E-state index contributed by atoms with van der Waals surface area (Å²) in [4.78, 5) is 10.7. The van der Waals surface area contributed by atoms with Crippen LogP contribution in [0.4, 0.5) is 0 Å². The Hall–Kier alpha value is -2.89. The number of allylic oxidation sites excluding steroid dienone is 1. The standard InChI is InChI=1S/C17H18O6/c1-10(9-15(18)19)12-7-8-13(23-12)11-5-6-14(20-2)17(22-4)16(11)21-3/h5-9H,1-4H3,(H,18,19)/b10-9+. The van der Waals surface area contributed by atoms with Crippen molar-refractivity contribution >= 4 is 11.5 Å². The molecule has 0 aliphatic heterocycles. The third-order valence-corrected chi connectivity index (χ3v) is 3.30. The van der Waals surface area contributed by atoms with E-state index < -0.39 is 5.97 Å². The number of ether oxygens (including phenoxy) is 3. The highest BCUT2D eigenvalue weighted by Crippen LogP contribution is 2.44. The number of aliphatic carboxylic acids is 1. The van der Waals surface area contributed by atoms with E-state index in [2.05, 4.69) is 0 Å². The van der Waals surface area contributed by atoms with Crippen molar-refractivity contribution in [2.75, 3.05) is 21.3 Å². The van der Waals surface area contributed by atoms with Crippen molar-refractivity contribution in [3.63, 3.8) is 0 Å². The van der Waals surface area contributed by atoms with Crippen molar-refractivity contribution in [3.8, 4) is 28.6 Å². The van der Waals surface area contributed by atoms with E-state index in [4.69, 9.17) is 23.7 Å². The molecule has 1 heterocycles. The van der Waals surface area contributed by atoms with Gasteiger partial charge in [0.15, 0.2) is 11.5 Å². The Morgan fingerprint density at radius 1 is 1.04 bits per heavy atom. The fraction of sp³-hybridized carbons (Fsp3) is 0.235. The molecule has 0 bridgehead atoms. The molecule has 0 saturated carbocycles. The lowest BCUT2D eigenvalue weighted by Crippen LogP contribution is -1.96. The molecule has 23 heavy (non-hydrogen) atoms. The fourth-order valence-electron chi connectivity index (χ4n) is 2.25. The summed E-state index contributed by atoms with van der Waals surface area (Å²) in [5, 5.41) is 8.81. The van der Waals surface area contributed by atoms with Crippen LogP contribution >= 0.6 is 0 Å². The van der Waals surface area contributed by atoms with Crippen LogP contribution in [0.2, 0.25) is 0 Å². The normalized spacial score (nSPS) is 11.2. The van der Waals surface area contributed by atoms with Crippen molar-refractivity contribution in [3.05, 3.63) is 36.1 Å². The molecule has 0 aliphatic rings. The van der Waals surface area contributed by atoms with Crippen LogP contribution in [0.3, 0.4) is 0 Å². The molecule has 2 rings (SSSR count). The third kappa shape index (κ3) is 3.31. The van der Waals surface area contributed by atoms with Gasteiger partial charge >= 0.3 is 5.97 Å². The average molecular weight is 318 g/mol. The maximum absolute atomic E-state index is 10.7. The van der Waals surface area contributed by atoms with Gasteiger partial charge in [0.25, 0.3) is 0 Å². The van der Waals surface area contributed by atoms with Gasteiger partial charge in [-0.1, -0.05) is 0 Å². The van der Waals surface area contributed by atoms with E-state index in [0.29, 0.717) is 39.9 Å². The van der Waals surface area contributed by atoms with Gasteiger partial charge < -0.3 is 23.7 Å². The predicted molar refractivity (Wildman–Crippen MR) is 85.1 cm³/mol. The van der Waals surface area contributed by atoms with Crippen LogP contribution in [0.15, 0.2) is 34.8 Å². The number of rotatable bonds is 6. The Labute approximate surface area is 133 Å². The van der Waals surface area contributed by atoms with Crippen LogP contribution in [0.5, 0.6) is 17.2 Å². The highest BCUT2D eigenvalue weighted by atomic mass is 16.5. The number of methoxy groups -OCH3 is 3. The molecule has 1 aromatic heterocycles. The molecule has 0 saturated heterocycles. The quantitative estimate of drug-likeness (QED) is 0.822. The summed E-state index contributed by atoms with van der Waals surface area (Å²) < 4.78 is 21.8. The maximum atomic E-state index is 10.7. The topological polar surface area (TPSA) is 78.1 Å². The van der Waals surface area contributed by atoms with Crippen molar-refractivity contribution in [2.24, 2.45) is 0 Å². The summed E-state index contributed by atoms with van der Waals surface area (Å²) in [6.07, 6.45) is 1.09. The Balaban J connectivity index is 2.51. The van der Waals surface area contributed by atoms with Gasteiger partial charge in [0.1, 0.15) is 11.5 Å². The zero-order chi connectivity index (χ0) is 17.0. The molecule has 0 spiro atoms. The van der Waals surface area contributed by atoms with Gasteiger partial charge in [-0.05, 0) is 36.8 Å². The van der Waals surface area contributed by atoms with E-state index in [9.17, 15) is 4.79 Å². The summed E-state index contributed by atoms with van der Waals surface area (Å²) in [5.74, 6) is 1.47. The smallest absolute Gasteiger partial charge is 0.328 e. The lowest BCUT2D eigenvalue weighted by Gasteiger charge is -2.14. The van der Waals surface area contributed by atoms with E-state index in [0.717, 1.165) is 6.08 Å². The van der Waals surface area contributed by atoms with Crippen molar-refractivity contribution in [2.45, 2.75) is 6.92 Å². The van der Waals surface area contributed by atoms with Crippen LogP contribution < -0.4 is 14.2 Å². The van der Waals surface area contributed by atoms with Crippen molar-refractivity contribution < 1.29 is 28.5 Å². The zero-order valence-electron chi connectivity index (χ0n) is 13.4.